The van der Waals surface area contributed by atoms with Crippen molar-refractivity contribution in [2.24, 2.45) is 0 Å². The van der Waals surface area contributed by atoms with Crippen molar-refractivity contribution < 1.29 is 18.7 Å². The third-order valence-electron chi connectivity index (χ3n) is 5.12. The van der Waals surface area contributed by atoms with Crippen LogP contribution < -0.4 is 20.3 Å². The number of thioether (sulfide) groups is 1. The lowest BCUT2D eigenvalue weighted by molar-refractivity contribution is -0.113. The lowest BCUT2D eigenvalue weighted by Crippen LogP contribution is -2.24. The van der Waals surface area contributed by atoms with Crippen molar-refractivity contribution in [3.05, 3.63) is 63.1 Å². The number of thiophene rings is 1. The summed E-state index contributed by atoms with van der Waals surface area (Å²) in [6.45, 7) is 4.14. The summed E-state index contributed by atoms with van der Waals surface area (Å²) in [4.78, 5) is 32.4. The van der Waals surface area contributed by atoms with Crippen LogP contribution in [0.3, 0.4) is 0 Å². The molecule has 0 saturated heterocycles. The van der Waals surface area contributed by atoms with Crippen LogP contribution in [0.5, 0.6) is 11.5 Å². The number of amides is 1. The summed E-state index contributed by atoms with van der Waals surface area (Å²) in [5.74, 6) is 1.60. The third kappa shape index (κ3) is 4.91. The van der Waals surface area contributed by atoms with Crippen molar-refractivity contribution in [1.82, 2.24) is 9.55 Å². The Morgan fingerprint density at radius 2 is 1.94 bits per heavy atom. The Morgan fingerprint density at radius 3 is 2.58 bits per heavy atom. The van der Waals surface area contributed by atoms with Gasteiger partial charge in [0.1, 0.15) is 22.1 Å². The average Bonchev–Trinajstić information content (AvgIpc) is 3.42. The molecule has 3 aromatic heterocycles. The van der Waals surface area contributed by atoms with E-state index in [0.29, 0.717) is 38.3 Å². The molecule has 3 heterocycles. The molecular formula is C23H23N3O5S2. The number of hydrogen-bond donors (Lipinski definition) is 1. The van der Waals surface area contributed by atoms with Gasteiger partial charge in [0.2, 0.25) is 5.91 Å². The van der Waals surface area contributed by atoms with E-state index in [-0.39, 0.29) is 23.8 Å². The number of anilines is 1. The summed E-state index contributed by atoms with van der Waals surface area (Å²) in [6, 6.07) is 8.72. The van der Waals surface area contributed by atoms with Gasteiger partial charge in [-0.05, 0) is 31.5 Å². The Kier molecular flexibility index (Phi) is 6.75. The predicted octanol–water partition coefficient (Wildman–Crippen LogP) is 4.46. The van der Waals surface area contributed by atoms with Crippen molar-refractivity contribution >= 4 is 44.9 Å². The van der Waals surface area contributed by atoms with E-state index < -0.39 is 0 Å². The molecule has 1 N–H and O–H groups in total. The highest BCUT2D eigenvalue weighted by atomic mass is 32.2. The Labute approximate surface area is 198 Å². The number of aromatic nitrogens is 2. The van der Waals surface area contributed by atoms with Gasteiger partial charge in [-0.2, -0.15) is 0 Å². The van der Waals surface area contributed by atoms with E-state index in [9.17, 15) is 9.59 Å². The summed E-state index contributed by atoms with van der Waals surface area (Å²) in [5.41, 5.74) is 1.35. The molecule has 0 unspecified atom stereocenters. The van der Waals surface area contributed by atoms with Crippen LogP contribution in [0.25, 0.3) is 10.2 Å². The Morgan fingerprint density at radius 1 is 1.21 bits per heavy atom. The van der Waals surface area contributed by atoms with E-state index in [4.69, 9.17) is 18.9 Å². The van der Waals surface area contributed by atoms with Gasteiger partial charge in [0.05, 0.1) is 38.2 Å². The van der Waals surface area contributed by atoms with Crippen LogP contribution in [-0.2, 0) is 11.3 Å². The minimum Gasteiger partial charge on any atom is -0.497 e. The predicted molar refractivity (Wildman–Crippen MR) is 130 cm³/mol. The van der Waals surface area contributed by atoms with Gasteiger partial charge in [0.15, 0.2) is 5.16 Å². The highest BCUT2D eigenvalue weighted by Gasteiger charge is 2.19. The number of hydrogen-bond acceptors (Lipinski definition) is 8. The van der Waals surface area contributed by atoms with E-state index in [1.807, 2.05) is 13.8 Å². The molecule has 10 heteroatoms. The van der Waals surface area contributed by atoms with Crippen LogP contribution in [0.2, 0.25) is 0 Å². The number of methoxy groups -OCH3 is 2. The van der Waals surface area contributed by atoms with Crippen molar-refractivity contribution in [3.8, 4) is 11.5 Å². The SMILES string of the molecule is COc1cc(NC(=O)CSc2nc3sc(C)c(C)c3c(=O)n2Cc2ccco2)cc(OC)c1. The Balaban J connectivity index is 1.60. The molecule has 4 aromatic rings. The number of benzene rings is 1. The maximum absolute atomic E-state index is 13.3. The number of aryl methyl sites for hydroxylation is 2. The standard InChI is InChI=1S/C23H23N3O5S2/c1-13-14(2)33-21-20(13)22(28)26(11-16-6-5-7-31-16)23(25-21)32-12-19(27)24-15-8-17(29-3)10-18(9-15)30-4/h5-10H,11-12H2,1-4H3,(H,24,27). The molecule has 0 aliphatic heterocycles. The smallest absolute Gasteiger partial charge is 0.263 e. The summed E-state index contributed by atoms with van der Waals surface area (Å²) >= 11 is 2.68. The molecule has 0 atom stereocenters. The molecule has 0 bridgehead atoms. The minimum atomic E-state index is -0.243. The first-order valence-electron chi connectivity index (χ1n) is 10.1. The monoisotopic (exact) mass is 485 g/mol. The van der Waals surface area contributed by atoms with Gasteiger partial charge in [-0.3, -0.25) is 14.2 Å². The second kappa shape index (κ2) is 9.72. The van der Waals surface area contributed by atoms with Gasteiger partial charge in [-0.25, -0.2) is 4.98 Å². The summed E-state index contributed by atoms with van der Waals surface area (Å²) in [5, 5.41) is 3.91. The molecular weight excluding hydrogens is 462 g/mol. The fraction of sp³-hybridized carbons (Fsp3) is 0.261. The Hall–Kier alpha value is -3.24. The number of furan rings is 1. The van der Waals surface area contributed by atoms with Gasteiger partial charge < -0.3 is 19.2 Å². The van der Waals surface area contributed by atoms with Crippen LogP contribution in [0.15, 0.2) is 51.0 Å². The number of carbonyl (C=O) groups is 1. The normalized spacial score (nSPS) is 11.0. The molecule has 4 rings (SSSR count). The van der Waals surface area contributed by atoms with Gasteiger partial charge >= 0.3 is 0 Å². The van der Waals surface area contributed by atoms with Crippen LogP contribution in [0.4, 0.5) is 5.69 Å². The Bertz CT molecular complexity index is 1340. The first kappa shape index (κ1) is 22.9. The van der Waals surface area contributed by atoms with Crippen molar-refractivity contribution in [1.29, 1.82) is 0 Å². The largest absolute Gasteiger partial charge is 0.497 e. The number of carbonyl (C=O) groups excluding carboxylic acids is 1. The van der Waals surface area contributed by atoms with E-state index in [0.717, 1.165) is 10.4 Å². The lowest BCUT2D eigenvalue weighted by atomic mass is 10.2. The van der Waals surface area contributed by atoms with Gasteiger partial charge in [0.25, 0.3) is 5.56 Å². The van der Waals surface area contributed by atoms with Gasteiger partial charge in [-0.15, -0.1) is 11.3 Å². The molecule has 33 heavy (non-hydrogen) atoms. The molecule has 1 amide bonds. The highest BCUT2D eigenvalue weighted by molar-refractivity contribution is 7.99. The van der Waals surface area contributed by atoms with E-state index in [2.05, 4.69) is 5.32 Å². The number of nitrogens with one attached hydrogen (secondary N) is 1. The van der Waals surface area contributed by atoms with Crippen LogP contribution >= 0.6 is 23.1 Å². The third-order valence-corrected chi connectivity index (χ3v) is 7.19. The fourth-order valence-electron chi connectivity index (χ4n) is 3.32. The van der Waals surface area contributed by atoms with Crippen molar-refractivity contribution in [3.63, 3.8) is 0 Å². The molecule has 0 saturated carbocycles. The fourth-order valence-corrected chi connectivity index (χ4v) is 5.19. The maximum atomic E-state index is 13.3. The van der Waals surface area contributed by atoms with Crippen molar-refractivity contribution in [2.75, 3.05) is 25.3 Å². The molecule has 0 aliphatic rings. The number of nitrogens with zero attached hydrogens (tertiary/aromatic N) is 2. The number of ether oxygens (including phenoxy) is 2. The van der Waals surface area contributed by atoms with Gasteiger partial charge in [-0.1, -0.05) is 11.8 Å². The van der Waals surface area contributed by atoms with Crippen molar-refractivity contribution in [2.45, 2.75) is 25.5 Å². The maximum Gasteiger partial charge on any atom is 0.263 e. The molecule has 172 valence electrons. The second-order valence-corrected chi connectivity index (χ2v) is 9.41. The molecule has 0 fully saturated rings. The average molecular weight is 486 g/mol. The lowest BCUT2D eigenvalue weighted by Gasteiger charge is -2.12. The van der Waals surface area contributed by atoms with Gasteiger partial charge in [0, 0.05) is 28.8 Å². The zero-order chi connectivity index (χ0) is 23.5. The zero-order valence-corrected chi connectivity index (χ0v) is 20.3. The molecule has 1 aromatic carbocycles. The summed E-state index contributed by atoms with van der Waals surface area (Å²) in [7, 11) is 3.09. The van der Waals surface area contributed by atoms with E-state index in [1.165, 1.54) is 23.1 Å². The first-order chi connectivity index (χ1) is 15.9. The second-order valence-electron chi connectivity index (χ2n) is 7.27. The van der Waals surface area contributed by atoms with E-state index >= 15 is 0 Å². The van der Waals surface area contributed by atoms with E-state index in [1.54, 1.807) is 55.4 Å². The minimum absolute atomic E-state index is 0.0684. The molecule has 0 radical (unpaired) electrons. The summed E-state index contributed by atoms with van der Waals surface area (Å²) in [6.07, 6.45) is 1.56. The topological polar surface area (TPSA) is 95.6 Å². The van der Waals surface area contributed by atoms with Crippen LogP contribution in [0.1, 0.15) is 16.2 Å². The molecule has 0 spiro atoms. The summed E-state index contributed by atoms with van der Waals surface area (Å²) < 4.78 is 17.5. The molecule has 0 aliphatic carbocycles. The van der Waals surface area contributed by atoms with Crippen LogP contribution in [0, 0.1) is 13.8 Å². The number of fused-ring (bicyclic) bond motifs is 1. The number of rotatable bonds is 8. The molecule has 8 nitrogen and oxygen atoms in total. The highest BCUT2D eigenvalue weighted by Crippen LogP contribution is 2.29. The first-order valence-corrected chi connectivity index (χ1v) is 11.9. The van der Waals surface area contributed by atoms with Crippen LogP contribution in [-0.4, -0.2) is 35.4 Å². The quantitative estimate of drug-likeness (QED) is 0.291. The zero-order valence-electron chi connectivity index (χ0n) is 18.6.